The lowest BCUT2D eigenvalue weighted by Gasteiger charge is -2.15. The fraction of sp³-hybridized carbons (Fsp3) is 0.120. The van der Waals surface area contributed by atoms with Gasteiger partial charge < -0.3 is 10.1 Å². The van der Waals surface area contributed by atoms with Gasteiger partial charge in [0.1, 0.15) is 6.54 Å². The number of nitriles is 1. The summed E-state index contributed by atoms with van der Waals surface area (Å²) in [5, 5.41) is 11.5. The number of nitrogens with one attached hydrogen (secondary N) is 1. The molecular weight excluding hydrogens is 450 g/mol. The van der Waals surface area contributed by atoms with Crippen molar-refractivity contribution in [2.45, 2.75) is 13.5 Å². The number of benzene rings is 2. The van der Waals surface area contributed by atoms with Gasteiger partial charge in [0, 0.05) is 11.4 Å². The molecule has 0 aliphatic rings. The molecule has 0 saturated heterocycles. The molecule has 0 fully saturated rings. The number of carbonyl (C=O) groups is 2. The number of fused-ring (bicyclic) bond motifs is 1. The number of ether oxygens (including phenoxy) is 1. The molecule has 0 aliphatic carbocycles. The van der Waals surface area contributed by atoms with Crippen molar-refractivity contribution in [1.29, 1.82) is 5.26 Å². The SMILES string of the molecule is COC(=O)c1cc(C)nc2c1c(=O)n(CC(=O)Nc1cccc(C#N)c1)c(=O)n2-c1ccccc1. The van der Waals surface area contributed by atoms with E-state index in [0.29, 0.717) is 22.6 Å². The standard InChI is InChI=1S/C25H19N5O5/c1-15-11-19(24(33)35-2)21-22(27-15)30(18-9-4-3-5-10-18)25(34)29(23(21)32)14-20(31)28-17-8-6-7-16(12-17)13-26/h3-12H,14H2,1-2H3,(H,28,31). The van der Waals surface area contributed by atoms with E-state index in [-0.39, 0.29) is 16.6 Å². The van der Waals surface area contributed by atoms with Crippen LogP contribution in [0.3, 0.4) is 0 Å². The second kappa shape index (κ2) is 9.44. The maximum absolute atomic E-state index is 13.5. The van der Waals surface area contributed by atoms with Crippen LogP contribution in [0.15, 0.2) is 70.3 Å². The van der Waals surface area contributed by atoms with Gasteiger partial charge in [0.25, 0.3) is 5.56 Å². The van der Waals surface area contributed by atoms with Crippen molar-refractivity contribution in [2.75, 3.05) is 12.4 Å². The maximum atomic E-state index is 13.5. The predicted molar refractivity (Wildman–Crippen MR) is 127 cm³/mol. The van der Waals surface area contributed by atoms with Gasteiger partial charge in [0.05, 0.1) is 35.4 Å². The molecule has 35 heavy (non-hydrogen) atoms. The highest BCUT2D eigenvalue weighted by atomic mass is 16.5. The zero-order valence-electron chi connectivity index (χ0n) is 18.8. The molecule has 1 amide bonds. The van der Waals surface area contributed by atoms with Crippen LogP contribution in [0.2, 0.25) is 0 Å². The van der Waals surface area contributed by atoms with Gasteiger partial charge in [-0.15, -0.1) is 0 Å². The van der Waals surface area contributed by atoms with Crippen LogP contribution < -0.4 is 16.6 Å². The Bertz CT molecular complexity index is 1630. The third-order valence-electron chi connectivity index (χ3n) is 5.22. The van der Waals surface area contributed by atoms with E-state index in [1.54, 1.807) is 55.5 Å². The van der Waals surface area contributed by atoms with E-state index in [1.807, 2.05) is 6.07 Å². The maximum Gasteiger partial charge on any atom is 0.338 e. The van der Waals surface area contributed by atoms with E-state index < -0.39 is 29.7 Å². The van der Waals surface area contributed by atoms with E-state index in [9.17, 15) is 19.2 Å². The molecule has 10 nitrogen and oxygen atoms in total. The third kappa shape index (κ3) is 4.43. The molecule has 4 rings (SSSR count). The Kier molecular flexibility index (Phi) is 6.24. The van der Waals surface area contributed by atoms with Gasteiger partial charge in [0.2, 0.25) is 5.91 Å². The summed E-state index contributed by atoms with van der Waals surface area (Å²) in [5.41, 5.74) is -0.290. The number of pyridine rings is 1. The average molecular weight is 469 g/mol. The minimum absolute atomic E-state index is 0.0232. The Morgan fingerprint density at radius 2 is 1.83 bits per heavy atom. The number of para-hydroxylation sites is 1. The number of methoxy groups -OCH3 is 1. The highest BCUT2D eigenvalue weighted by Crippen LogP contribution is 2.18. The Labute approximate surface area is 198 Å². The fourth-order valence-corrected chi connectivity index (χ4v) is 3.69. The lowest BCUT2D eigenvalue weighted by molar-refractivity contribution is -0.116. The monoisotopic (exact) mass is 469 g/mol. The van der Waals surface area contributed by atoms with Gasteiger partial charge in [0.15, 0.2) is 5.65 Å². The van der Waals surface area contributed by atoms with Gasteiger partial charge in [-0.05, 0) is 43.3 Å². The van der Waals surface area contributed by atoms with Crippen LogP contribution in [0.1, 0.15) is 21.6 Å². The first-order chi connectivity index (χ1) is 16.8. The lowest BCUT2D eigenvalue weighted by atomic mass is 10.1. The van der Waals surface area contributed by atoms with E-state index in [2.05, 4.69) is 10.3 Å². The lowest BCUT2D eigenvalue weighted by Crippen LogP contribution is -2.43. The van der Waals surface area contributed by atoms with Gasteiger partial charge in [-0.3, -0.25) is 9.59 Å². The fourth-order valence-electron chi connectivity index (χ4n) is 3.69. The first kappa shape index (κ1) is 23.1. The first-order valence-electron chi connectivity index (χ1n) is 10.4. The second-order valence-electron chi connectivity index (χ2n) is 7.59. The highest BCUT2D eigenvalue weighted by Gasteiger charge is 2.23. The minimum Gasteiger partial charge on any atom is -0.465 e. The van der Waals surface area contributed by atoms with E-state index in [4.69, 9.17) is 10.00 Å². The Morgan fingerprint density at radius 3 is 2.51 bits per heavy atom. The number of rotatable bonds is 5. The quantitative estimate of drug-likeness (QED) is 0.442. The summed E-state index contributed by atoms with van der Waals surface area (Å²) in [5.74, 6) is -1.45. The number of carbonyl (C=O) groups excluding carboxylic acids is 2. The summed E-state index contributed by atoms with van der Waals surface area (Å²) in [6.45, 7) is 0.992. The number of anilines is 1. The predicted octanol–water partition coefficient (Wildman–Crippen LogP) is 2.15. The number of amides is 1. The van der Waals surface area contributed by atoms with Crippen molar-refractivity contribution in [3.63, 3.8) is 0 Å². The van der Waals surface area contributed by atoms with Crippen LogP contribution >= 0.6 is 0 Å². The molecule has 1 N–H and O–H groups in total. The number of aryl methyl sites for hydroxylation is 1. The normalized spacial score (nSPS) is 10.5. The molecule has 0 bridgehead atoms. The largest absolute Gasteiger partial charge is 0.465 e. The Hall–Kier alpha value is -5.04. The van der Waals surface area contributed by atoms with Crippen LogP contribution in [0.25, 0.3) is 16.7 Å². The average Bonchev–Trinajstić information content (AvgIpc) is 2.86. The van der Waals surface area contributed by atoms with Crippen molar-refractivity contribution >= 4 is 28.6 Å². The molecule has 0 atom stereocenters. The number of hydrogen-bond donors (Lipinski definition) is 1. The molecular formula is C25H19N5O5. The summed E-state index contributed by atoms with van der Waals surface area (Å²) in [7, 11) is 1.18. The molecule has 4 aromatic rings. The zero-order chi connectivity index (χ0) is 25.1. The molecule has 10 heteroatoms. The van der Waals surface area contributed by atoms with Crippen LogP contribution in [0.4, 0.5) is 5.69 Å². The molecule has 0 saturated carbocycles. The van der Waals surface area contributed by atoms with E-state index in [1.165, 1.54) is 23.8 Å². The minimum atomic E-state index is -0.856. The van der Waals surface area contributed by atoms with Crippen molar-refractivity contribution in [1.82, 2.24) is 14.1 Å². The Balaban J connectivity index is 1.94. The molecule has 2 heterocycles. The van der Waals surface area contributed by atoms with Gasteiger partial charge in [-0.1, -0.05) is 24.3 Å². The van der Waals surface area contributed by atoms with Gasteiger partial charge >= 0.3 is 11.7 Å². The van der Waals surface area contributed by atoms with Gasteiger partial charge in [-0.25, -0.2) is 23.7 Å². The van der Waals surface area contributed by atoms with Crippen molar-refractivity contribution in [2.24, 2.45) is 0 Å². The van der Waals surface area contributed by atoms with Crippen LogP contribution in [-0.2, 0) is 16.1 Å². The topological polar surface area (TPSA) is 136 Å². The molecule has 174 valence electrons. The first-order valence-corrected chi connectivity index (χ1v) is 10.4. The molecule has 2 aromatic carbocycles. The molecule has 0 aliphatic heterocycles. The number of aromatic nitrogens is 3. The second-order valence-corrected chi connectivity index (χ2v) is 7.59. The van der Waals surface area contributed by atoms with Crippen LogP contribution in [-0.4, -0.2) is 33.1 Å². The van der Waals surface area contributed by atoms with E-state index >= 15 is 0 Å². The highest BCUT2D eigenvalue weighted by molar-refractivity contribution is 6.02. The summed E-state index contributed by atoms with van der Waals surface area (Å²) in [6, 6.07) is 18.0. The summed E-state index contributed by atoms with van der Waals surface area (Å²) >= 11 is 0. The van der Waals surface area contributed by atoms with Crippen LogP contribution in [0.5, 0.6) is 0 Å². The van der Waals surface area contributed by atoms with Crippen molar-refractivity contribution in [3.05, 3.63) is 98.3 Å². The van der Waals surface area contributed by atoms with Crippen molar-refractivity contribution in [3.8, 4) is 11.8 Å². The molecule has 0 radical (unpaired) electrons. The molecule has 0 unspecified atom stereocenters. The summed E-state index contributed by atoms with van der Waals surface area (Å²) in [4.78, 5) is 56.6. The molecule has 2 aromatic heterocycles. The Morgan fingerprint density at radius 1 is 1.09 bits per heavy atom. The summed E-state index contributed by atoms with van der Waals surface area (Å²) in [6.07, 6.45) is 0. The van der Waals surface area contributed by atoms with Crippen LogP contribution in [0, 0.1) is 18.3 Å². The van der Waals surface area contributed by atoms with Gasteiger partial charge in [-0.2, -0.15) is 5.26 Å². The number of nitrogens with zero attached hydrogens (tertiary/aromatic N) is 4. The third-order valence-corrected chi connectivity index (χ3v) is 5.22. The number of hydrogen-bond acceptors (Lipinski definition) is 7. The smallest absolute Gasteiger partial charge is 0.338 e. The zero-order valence-corrected chi connectivity index (χ0v) is 18.8. The molecule has 0 spiro atoms. The summed E-state index contributed by atoms with van der Waals surface area (Å²) < 4.78 is 6.76. The van der Waals surface area contributed by atoms with Crippen molar-refractivity contribution < 1.29 is 14.3 Å². The van der Waals surface area contributed by atoms with E-state index in [0.717, 1.165) is 4.57 Å². The number of esters is 1.